The Morgan fingerprint density at radius 2 is 2.10 bits per heavy atom. The number of nitrogens with zero attached hydrogens (tertiary/aromatic N) is 2. The molecule has 1 aromatic heterocycles. The van der Waals surface area contributed by atoms with Crippen LogP contribution in [0.5, 0.6) is 0 Å². The molecule has 4 nitrogen and oxygen atoms in total. The van der Waals surface area contributed by atoms with Crippen molar-refractivity contribution in [1.82, 2.24) is 4.98 Å². The molecule has 1 atom stereocenters. The zero-order valence-electron chi connectivity index (χ0n) is 16.4. The molecule has 158 valence electrons. The average molecular weight is 449 g/mol. The Labute approximate surface area is 182 Å². The van der Waals surface area contributed by atoms with Crippen molar-refractivity contribution in [3.63, 3.8) is 0 Å². The van der Waals surface area contributed by atoms with Gasteiger partial charge in [0, 0.05) is 24.0 Å². The molecule has 1 amide bonds. The second kappa shape index (κ2) is 9.85. The molecule has 0 aliphatic carbocycles. The number of anilines is 1. The van der Waals surface area contributed by atoms with Crippen LogP contribution in [0.4, 0.5) is 13.9 Å². The van der Waals surface area contributed by atoms with Crippen molar-refractivity contribution in [3.8, 4) is 0 Å². The van der Waals surface area contributed by atoms with E-state index in [1.807, 2.05) is 30.3 Å². The van der Waals surface area contributed by atoms with E-state index in [1.54, 1.807) is 16.7 Å². The first-order valence-corrected chi connectivity index (χ1v) is 11.8. The number of halogens is 2. The summed E-state index contributed by atoms with van der Waals surface area (Å²) in [4.78, 5) is 20.1. The molecule has 8 heteroatoms. The van der Waals surface area contributed by atoms with E-state index in [0.717, 1.165) is 36.0 Å². The maximum Gasteiger partial charge on any atom is 0.228 e. The Bertz CT molecular complexity index is 1010. The first-order valence-electron chi connectivity index (χ1n) is 9.95. The Balaban J connectivity index is 1.46. The van der Waals surface area contributed by atoms with Crippen LogP contribution in [-0.4, -0.2) is 35.9 Å². The van der Waals surface area contributed by atoms with Crippen LogP contribution in [-0.2, 0) is 9.53 Å². The number of thioether (sulfide) groups is 1. The first kappa shape index (κ1) is 21.2. The van der Waals surface area contributed by atoms with Crippen molar-refractivity contribution in [2.24, 2.45) is 0 Å². The fraction of sp³-hybridized carbons (Fsp3) is 0.364. The third-order valence-electron chi connectivity index (χ3n) is 4.89. The highest BCUT2D eigenvalue weighted by Crippen LogP contribution is 2.32. The lowest BCUT2D eigenvalue weighted by molar-refractivity contribution is -0.119. The summed E-state index contributed by atoms with van der Waals surface area (Å²) in [7, 11) is 0. The third kappa shape index (κ3) is 5.17. The van der Waals surface area contributed by atoms with Gasteiger partial charge in [-0.25, -0.2) is 13.8 Å². The van der Waals surface area contributed by atoms with Gasteiger partial charge in [0.2, 0.25) is 5.91 Å². The lowest BCUT2D eigenvalue weighted by Gasteiger charge is -2.23. The molecule has 2 aromatic carbocycles. The normalized spacial score (nSPS) is 16.3. The van der Waals surface area contributed by atoms with Crippen LogP contribution in [0.15, 0.2) is 47.4 Å². The lowest BCUT2D eigenvalue weighted by Crippen LogP contribution is -2.37. The van der Waals surface area contributed by atoms with Gasteiger partial charge in [0.25, 0.3) is 0 Å². The van der Waals surface area contributed by atoms with E-state index in [0.29, 0.717) is 35.8 Å². The topological polar surface area (TPSA) is 42.4 Å². The van der Waals surface area contributed by atoms with Gasteiger partial charge in [0.1, 0.15) is 11.3 Å². The smallest absolute Gasteiger partial charge is 0.228 e. The highest BCUT2D eigenvalue weighted by atomic mass is 32.2. The number of carbonyl (C=O) groups excluding carboxylic acids is 1. The molecule has 2 heterocycles. The van der Waals surface area contributed by atoms with Crippen molar-refractivity contribution in [3.05, 3.63) is 54.1 Å². The summed E-state index contributed by atoms with van der Waals surface area (Å²) in [5, 5.41) is 0.394. The van der Waals surface area contributed by atoms with Gasteiger partial charge in [-0.3, -0.25) is 9.69 Å². The predicted molar refractivity (Wildman–Crippen MR) is 117 cm³/mol. The SMILES string of the molecule is O=C(CCCSc1ccccc1)N(CC1CCCO1)c1nc2c(F)cc(F)cc2s1. The maximum atomic E-state index is 14.1. The highest BCUT2D eigenvalue weighted by molar-refractivity contribution is 7.99. The van der Waals surface area contributed by atoms with Gasteiger partial charge < -0.3 is 4.74 Å². The van der Waals surface area contributed by atoms with E-state index in [1.165, 1.54) is 11.0 Å². The minimum atomic E-state index is -0.712. The summed E-state index contributed by atoms with van der Waals surface area (Å²) < 4.78 is 33.8. The zero-order chi connectivity index (χ0) is 20.9. The van der Waals surface area contributed by atoms with E-state index in [-0.39, 0.29) is 17.5 Å². The number of thiazole rings is 1. The number of aromatic nitrogens is 1. The fourth-order valence-electron chi connectivity index (χ4n) is 3.40. The van der Waals surface area contributed by atoms with Crippen LogP contribution < -0.4 is 4.90 Å². The number of amides is 1. The van der Waals surface area contributed by atoms with E-state index in [4.69, 9.17) is 4.74 Å². The Kier molecular flexibility index (Phi) is 6.97. The molecule has 1 aliphatic heterocycles. The monoisotopic (exact) mass is 448 g/mol. The van der Waals surface area contributed by atoms with Gasteiger partial charge in [-0.15, -0.1) is 11.8 Å². The summed E-state index contributed by atoms with van der Waals surface area (Å²) in [5.41, 5.74) is 0.0983. The molecule has 30 heavy (non-hydrogen) atoms. The van der Waals surface area contributed by atoms with Crippen molar-refractivity contribution < 1.29 is 18.3 Å². The second-order valence-electron chi connectivity index (χ2n) is 7.14. The van der Waals surface area contributed by atoms with Crippen LogP contribution in [0.1, 0.15) is 25.7 Å². The molecule has 0 N–H and O–H groups in total. The molecule has 1 aliphatic rings. The Morgan fingerprint density at radius 1 is 1.27 bits per heavy atom. The van der Waals surface area contributed by atoms with Crippen LogP contribution in [0.2, 0.25) is 0 Å². The summed E-state index contributed by atoms with van der Waals surface area (Å²) in [6.07, 6.45) is 2.86. The maximum absolute atomic E-state index is 14.1. The fourth-order valence-corrected chi connectivity index (χ4v) is 5.31. The standard InChI is InChI=1S/C22H22F2N2O2S2/c23-15-12-18(24)21-19(13-15)30-22(25-21)26(14-16-6-4-10-28-16)20(27)9-5-11-29-17-7-2-1-3-8-17/h1-3,7-8,12-13,16H,4-6,9-11,14H2. The Morgan fingerprint density at radius 3 is 2.87 bits per heavy atom. The molecule has 0 saturated carbocycles. The zero-order valence-corrected chi connectivity index (χ0v) is 18.0. The quantitative estimate of drug-likeness (QED) is 0.329. The van der Waals surface area contributed by atoms with Gasteiger partial charge in [-0.1, -0.05) is 29.5 Å². The van der Waals surface area contributed by atoms with Crippen molar-refractivity contribution in [2.45, 2.75) is 36.7 Å². The van der Waals surface area contributed by atoms with E-state index in [2.05, 4.69) is 4.98 Å². The van der Waals surface area contributed by atoms with Crippen molar-refractivity contribution in [2.75, 3.05) is 23.8 Å². The van der Waals surface area contributed by atoms with Crippen molar-refractivity contribution in [1.29, 1.82) is 0 Å². The highest BCUT2D eigenvalue weighted by Gasteiger charge is 2.26. The van der Waals surface area contributed by atoms with Crippen LogP contribution in [0, 0.1) is 11.6 Å². The molecule has 0 bridgehead atoms. The average Bonchev–Trinajstić information content (AvgIpc) is 3.39. The van der Waals surface area contributed by atoms with Crippen molar-refractivity contribution >= 4 is 44.4 Å². The lowest BCUT2D eigenvalue weighted by atomic mass is 10.2. The molecule has 0 radical (unpaired) electrons. The number of hydrogen-bond donors (Lipinski definition) is 0. The molecule has 1 saturated heterocycles. The van der Waals surface area contributed by atoms with Gasteiger partial charge in [0.05, 0.1) is 17.3 Å². The molecular formula is C22H22F2N2O2S2. The molecular weight excluding hydrogens is 426 g/mol. The molecule has 3 aromatic rings. The third-order valence-corrected chi connectivity index (χ3v) is 7.01. The number of rotatable bonds is 8. The van der Waals surface area contributed by atoms with Crippen LogP contribution in [0.3, 0.4) is 0 Å². The minimum absolute atomic E-state index is 0.0544. The Hall–Kier alpha value is -2.03. The van der Waals surface area contributed by atoms with Gasteiger partial charge in [-0.2, -0.15) is 0 Å². The number of hydrogen-bond acceptors (Lipinski definition) is 5. The number of fused-ring (bicyclic) bond motifs is 1. The van der Waals surface area contributed by atoms with E-state index in [9.17, 15) is 13.6 Å². The molecule has 0 spiro atoms. The van der Waals surface area contributed by atoms with Crippen LogP contribution in [0.25, 0.3) is 10.2 Å². The van der Waals surface area contributed by atoms with Gasteiger partial charge >= 0.3 is 0 Å². The van der Waals surface area contributed by atoms with E-state index < -0.39 is 11.6 Å². The summed E-state index contributed by atoms with van der Waals surface area (Å²) in [6.45, 7) is 1.06. The number of ether oxygens (including phenoxy) is 1. The first-order chi connectivity index (χ1) is 14.6. The summed E-state index contributed by atoms with van der Waals surface area (Å²) >= 11 is 2.85. The summed E-state index contributed by atoms with van der Waals surface area (Å²) in [5.74, 6) is -0.607. The van der Waals surface area contributed by atoms with Gasteiger partial charge in [0.15, 0.2) is 10.9 Å². The largest absolute Gasteiger partial charge is 0.376 e. The van der Waals surface area contributed by atoms with Crippen LogP contribution >= 0.6 is 23.1 Å². The number of benzene rings is 2. The molecule has 1 fully saturated rings. The number of carbonyl (C=O) groups is 1. The minimum Gasteiger partial charge on any atom is -0.376 e. The molecule has 1 unspecified atom stereocenters. The van der Waals surface area contributed by atoms with Gasteiger partial charge in [-0.05, 0) is 43.2 Å². The molecule has 4 rings (SSSR count). The predicted octanol–water partition coefficient (Wildman–Crippen LogP) is 5.66. The second-order valence-corrected chi connectivity index (χ2v) is 9.31. The summed E-state index contributed by atoms with van der Waals surface area (Å²) in [6, 6.07) is 12.1. The van der Waals surface area contributed by atoms with E-state index >= 15 is 0 Å².